The number of hydrogen-bond donors (Lipinski definition) is 1. The van der Waals surface area contributed by atoms with Crippen LogP contribution in [0.4, 0.5) is 0 Å². The van der Waals surface area contributed by atoms with Gasteiger partial charge in [-0.05, 0) is 31.0 Å². The highest BCUT2D eigenvalue weighted by Crippen LogP contribution is 2.26. The van der Waals surface area contributed by atoms with Crippen molar-refractivity contribution in [2.75, 3.05) is 6.61 Å². The predicted molar refractivity (Wildman–Crippen MR) is 55.8 cm³/mol. The van der Waals surface area contributed by atoms with Crippen LogP contribution in [0.5, 0.6) is 0 Å². The minimum Gasteiger partial charge on any atom is -0.396 e. The third-order valence-corrected chi connectivity index (χ3v) is 2.49. The Morgan fingerprint density at radius 3 is 2.67 bits per heavy atom. The Morgan fingerprint density at radius 1 is 1.40 bits per heavy atom. The number of rotatable bonds is 3. The smallest absolute Gasteiger partial charge is 0.0991 e. The SMILES string of the molecule is CC(C#N)(CCO)c1cccc(C#N)c1. The molecule has 0 aliphatic heterocycles. The maximum Gasteiger partial charge on any atom is 0.0991 e. The molecular formula is C12H12N2O. The van der Waals surface area contributed by atoms with E-state index in [9.17, 15) is 0 Å². The maximum atomic E-state index is 9.09. The standard InChI is InChI=1S/C12H12N2O/c1-12(9-14,5-6-15)11-4-2-3-10(7-11)8-13/h2-4,7,15H,5-6H2,1H3. The van der Waals surface area contributed by atoms with Crippen LogP contribution in [-0.4, -0.2) is 11.7 Å². The van der Waals surface area contributed by atoms with E-state index < -0.39 is 5.41 Å². The maximum absolute atomic E-state index is 9.09. The van der Waals surface area contributed by atoms with E-state index in [1.165, 1.54) is 0 Å². The molecule has 3 nitrogen and oxygen atoms in total. The lowest BCUT2D eigenvalue weighted by atomic mass is 9.81. The average Bonchev–Trinajstić information content (AvgIpc) is 2.29. The monoisotopic (exact) mass is 200 g/mol. The number of aliphatic hydroxyl groups is 1. The highest BCUT2D eigenvalue weighted by molar-refractivity contribution is 5.39. The second kappa shape index (κ2) is 4.59. The first-order valence-electron chi connectivity index (χ1n) is 4.69. The van der Waals surface area contributed by atoms with Crippen LogP contribution in [0.25, 0.3) is 0 Å². The topological polar surface area (TPSA) is 67.8 Å². The van der Waals surface area contributed by atoms with Gasteiger partial charge in [0, 0.05) is 6.61 Å². The van der Waals surface area contributed by atoms with Crippen molar-refractivity contribution in [3.05, 3.63) is 35.4 Å². The molecule has 1 aromatic carbocycles. The van der Waals surface area contributed by atoms with Crippen LogP contribution < -0.4 is 0 Å². The molecule has 0 spiro atoms. The second-order valence-corrected chi connectivity index (χ2v) is 3.61. The van der Waals surface area contributed by atoms with Gasteiger partial charge in [0.15, 0.2) is 0 Å². The predicted octanol–water partition coefficient (Wildman–Crippen LogP) is 1.72. The molecule has 1 rings (SSSR count). The second-order valence-electron chi connectivity index (χ2n) is 3.61. The number of nitriles is 2. The lowest BCUT2D eigenvalue weighted by Crippen LogP contribution is -2.21. The Hall–Kier alpha value is -1.84. The fraction of sp³-hybridized carbons (Fsp3) is 0.333. The molecule has 0 aliphatic rings. The molecule has 0 amide bonds. The van der Waals surface area contributed by atoms with Crippen molar-refractivity contribution < 1.29 is 5.11 Å². The third kappa shape index (κ3) is 2.34. The van der Waals surface area contributed by atoms with Crippen LogP contribution in [0, 0.1) is 22.7 Å². The number of benzene rings is 1. The van der Waals surface area contributed by atoms with Crippen molar-refractivity contribution in [1.29, 1.82) is 10.5 Å². The van der Waals surface area contributed by atoms with E-state index in [2.05, 4.69) is 6.07 Å². The molecule has 1 N–H and O–H groups in total. The van der Waals surface area contributed by atoms with E-state index in [-0.39, 0.29) is 6.61 Å². The van der Waals surface area contributed by atoms with E-state index in [0.29, 0.717) is 12.0 Å². The van der Waals surface area contributed by atoms with E-state index >= 15 is 0 Å². The lowest BCUT2D eigenvalue weighted by Gasteiger charge is -2.20. The average molecular weight is 200 g/mol. The van der Waals surface area contributed by atoms with Gasteiger partial charge in [-0.1, -0.05) is 12.1 Å². The summed E-state index contributed by atoms with van der Waals surface area (Å²) in [5.74, 6) is 0. The van der Waals surface area contributed by atoms with Crippen LogP contribution in [0.3, 0.4) is 0 Å². The fourth-order valence-corrected chi connectivity index (χ4v) is 1.42. The van der Waals surface area contributed by atoms with Gasteiger partial charge in [0.1, 0.15) is 0 Å². The summed E-state index contributed by atoms with van der Waals surface area (Å²) in [6.07, 6.45) is 0.373. The van der Waals surface area contributed by atoms with Crippen molar-refractivity contribution in [2.24, 2.45) is 0 Å². The van der Waals surface area contributed by atoms with Gasteiger partial charge in [0.25, 0.3) is 0 Å². The molecule has 1 aromatic rings. The Kier molecular flexibility index (Phi) is 3.44. The third-order valence-electron chi connectivity index (χ3n) is 2.49. The van der Waals surface area contributed by atoms with Crippen LogP contribution in [0.2, 0.25) is 0 Å². The molecule has 0 saturated heterocycles. The van der Waals surface area contributed by atoms with E-state index in [0.717, 1.165) is 5.56 Å². The van der Waals surface area contributed by atoms with Gasteiger partial charge in [0.05, 0.1) is 23.1 Å². The zero-order chi connectivity index (χ0) is 11.3. The summed E-state index contributed by atoms with van der Waals surface area (Å²) in [4.78, 5) is 0. The number of hydrogen-bond acceptors (Lipinski definition) is 3. The fourth-order valence-electron chi connectivity index (χ4n) is 1.42. The summed E-state index contributed by atoms with van der Waals surface area (Å²) in [6, 6.07) is 11.2. The van der Waals surface area contributed by atoms with Gasteiger partial charge in [-0.3, -0.25) is 0 Å². The molecule has 0 bridgehead atoms. The van der Waals surface area contributed by atoms with Gasteiger partial charge in [-0.15, -0.1) is 0 Å². The molecule has 0 fully saturated rings. The highest BCUT2D eigenvalue weighted by Gasteiger charge is 2.25. The summed E-state index contributed by atoms with van der Waals surface area (Å²) < 4.78 is 0. The Balaban J connectivity index is 3.14. The lowest BCUT2D eigenvalue weighted by molar-refractivity contribution is 0.264. The molecule has 0 saturated carbocycles. The molecule has 0 radical (unpaired) electrons. The number of nitrogens with zero attached hydrogens (tertiary/aromatic N) is 2. The van der Waals surface area contributed by atoms with E-state index in [1.54, 1.807) is 31.2 Å². The van der Waals surface area contributed by atoms with Gasteiger partial charge in [-0.2, -0.15) is 10.5 Å². The van der Waals surface area contributed by atoms with Crippen LogP contribution in [-0.2, 0) is 5.41 Å². The van der Waals surface area contributed by atoms with Gasteiger partial charge in [-0.25, -0.2) is 0 Å². The minimum atomic E-state index is -0.721. The first-order valence-corrected chi connectivity index (χ1v) is 4.69. The molecular weight excluding hydrogens is 188 g/mol. The van der Waals surface area contributed by atoms with Crippen LogP contribution >= 0.6 is 0 Å². The molecule has 0 aliphatic carbocycles. The van der Waals surface area contributed by atoms with Gasteiger partial charge in [0.2, 0.25) is 0 Å². The molecule has 15 heavy (non-hydrogen) atoms. The van der Waals surface area contributed by atoms with Gasteiger partial charge >= 0.3 is 0 Å². The summed E-state index contributed by atoms with van der Waals surface area (Å²) in [7, 11) is 0. The van der Waals surface area contributed by atoms with Crippen molar-refractivity contribution >= 4 is 0 Å². The quantitative estimate of drug-likeness (QED) is 0.807. The number of aliphatic hydroxyl groups excluding tert-OH is 1. The first kappa shape index (κ1) is 11.2. The van der Waals surface area contributed by atoms with Crippen molar-refractivity contribution in [3.8, 4) is 12.1 Å². The molecule has 0 heterocycles. The van der Waals surface area contributed by atoms with Crippen molar-refractivity contribution in [2.45, 2.75) is 18.8 Å². The normalized spacial score (nSPS) is 13.6. The summed E-state index contributed by atoms with van der Waals surface area (Å²) >= 11 is 0. The Bertz CT molecular complexity index is 428. The zero-order valence-electron chi connectivity index (χ0n) is 8.57. The molecule has 1 unspecified atom stereocenters. The molecule has 0 aromatic heterocycles. The van der Waals surface area contributed by atoms with E-state index in [1.807, 2.05) is 6.07 Å². The van der Waals surface area contributed by atoms with Crippen molar-refractivity contribution in [1.82, 2.24) is 0 Å². The first-order chi connectivity index (χ1) is 7.16. The van der Waals surface area contributed by atoms with E-state index in [4.69, 9.17) is 15.6 Å². The summed E-state index contributed by atoms with van der Waals surface area (Å²) in [5, 5.41) is 26.7. The Morgan fingerprint density at radius 2 is 2.13 bits per heavy atom. The van der Waals surface area contributed by atoms with Gasteiger partial charge < -0.3 is 5.11 Å². The molecule has 76 valence electrons. The zero-order valence-corrected chi connectivity index (χ0v) is 8.57. The minimum absolute atomic E-state index is 0.0408. The highest BCUT2D eigenvalue weighted by atomic mass is 16.3. The molecule has 1 atom stereocenters. The summed E-state index contributed by atoms with van der Waals surface area (Å²) in [6.45, 7) is 1.72. The Labute approximate surface area is 89.2 Å². The van der Waals surface area contributed by atoms with Crippen molar-refractivity contribution in [3.63, 3.8) is 0 Å². The van der Waals surface area contributed by atoms with Crippen LogP contribution in [0.15, 0.2) is 24.3 Å². The largest absolute Gasteiger partial charge is 0.396 e. The molecule has 3 heteroatoms. The summed E-state index contributed by atoms with van der Waals surface area (Å²) in [5.41, 5.74) is 0.590. The van der Waals surface area contributed by atoms with Crippen LogP contribution in [0.1, 0.15) is 24.5 Å².